The average Bonchev–Trinajstić information content (AvgIpc) is 2.20. The predicted molar refractivity (Wildman–Crippen MR) is 56.0 cm³/mol. The molecule has 0 saturated heterocycles. The van der Waals surface area contributed by atoms with Gasteiger partial charge in [0.2, 0.25) is 0 Å². The molecule has 0 aliphatic heterocycles. The molecule has 1 rings (SSSR count). The lowest BCUT2D eigenvalue weighted by Crippen LogP contribution is -2.10. The van der Waals surface area contributed by atoms with E-state index < -0.39 is 11.6 Å². The Morgan fingerprint density at radius 2 is 2.07 bits per heavy atom. The molecule has 0 atom stereocenters. The standard InChI is InChI=1S/C11H15F2NO/c1-2-6-15-7-5-14-11-4-3-9(12)8-10(11)13/h3-4,8,14H,2,5-7H2,1H3. The molecule has 0 bridgehead atoms. The van der Waals surface area contributed by atoms with Gasteiger partial charge in [0.25, 0.3) is 0 Å². The largest absolute Gasteiger partial charge is 0.380 e. The molecule has 1 aromatic carbocycles. The minimum absolute atomic E-state index is 0.302. The lowest BCUT2D eigenvalue weighted by molar-refractivity contribution is 0.144. The Labute approximate surface area is 88.3 Å². The SMILES string of the molecule is CCCOCCNc1ccc(F)cc1F. The number of anilines is 1. The molecule has 1 aromatic rings. The van der Waals surface area contributed by atoms with E-state index in [0.29, 0.717) is 25.4 Å². The van der Waals surface area contributed by atoms with E-state index in [4.69, 9.17) is 4.74 Å². The van der Waals surface area contributed by atoms with Gasteiger partial charge in [0.15, 0.2) is 0 Å². The third kappa shape index (κ3) is 4.25. The zero-order chi connectivity index (χ0) is 11.1. The molecule has 15 heavy (non-hydrogen) atoms. The molecule has 2 nitrogen and oxygen atoms in total. The van der Waals surface area contributed by atoms with Crippen molar-refractivity contribution in [1.29, 1.82) is 0 Å². The maximum Gasteiger partial charge on any atom is 0.149 e. The van der Waals surface area contributed by atoms with Gasteiger partial charge in [-0.2, -0.15) is 0 Å². The Morgan fingerprint density at radius 1 is 1.27 bits per heavy atom. The highest BCUT2D eigenvalue weighted by Gasteiger charge is 2.01. The van der Waals surface area contributed by atoms with Crippen molar-refractivity contribution < 1.29 is 13.5 Å². The van der Waals surface area contributed by atoms with Crippen LogP contribution in [0.2, 0.25) is 0 Å². The number of nitrogens with one attached hydrogen (secondary N) is 1. The number of hydrogen-bond donors (Lipinski definition) is 1. The highest BCUT2D eigenvalue weighted by atomic mass is 19.1. The molecule has 0 radical (unpaired) electrons. The van der Waals surface area contributed by atoms with Crippen LogP contribution in [0.4, 0.5) is 14.5 Å². The van der Waals surface area contributed by atoms with Crippen LogP contribution in [0.1, 0.15) is 13.3 Å². The van der Waals surface area contributed by atoms with Crippen LogP contribution >= 0.6 is 0 Å². The molecule has 0 aromatic heterocycles. The third-order valence-electron chi connectivity index (χ3n) is 1.84. The van der Waals surface area contributed by atoms with Gasteiger partial charge in [-0.15, -0.1) is 0 Å². The molecular formula is C11H15F2NO. The molecule has 0 unspecified atom stereocenters. The molecule has 0 spiro atoms. The fourth-order valence-electron chi connectivity index (χ4n) is 1.14. The summed E-state index contributed by atoms with van der Waals surface area (Å²) in [5.74, 6) is -1.15. The zero-order valence-electron chi connectivity index (χ0n) is 8.72. The summed E-state index contributed by atoms with van der Waals surface area (Å²) >= 11 is 0. The van der Waals surface area contributed by atoms with Gasteiger partial charge in [0, 0.05) is 19.2 Å². The van der Waals surface area contributed by atoms with E-state index in [-0.39, 0.29) is 0 Å². The van der Waals surface area contributed by atoms with Crippen LogP contribution in [0.5, 0.6) is 0 Å². The third-order valence-corrected chi connectivity index (χ3v) is 1.84. The summed E-state index contributed by atoms with van der Waals surface area (Å²) in [6.45, 7) is 3.76. The van der Waals surface area contributed by atoms with E-state index in [9.17, 15) is 8.78 Å². The molecule has 0 fully saturated rings. The highest BCUT2D eigenvalue weighted by molar-refractivity contribution is 5.44. The Balaban J connectivity index is 2.31. The van der Waals surface area contributed by atoms with E-state index >= 15 is 0 Å². The van der Waals surface area contributed by atoms with Crippen LogP contribution in [0.3, 0.4) is 0 Å². The first-order chi connectivity index (χ1) is 7.24. The van der Waals surface area contributed by atoms with Crippen LogP contribution in [0.25, 0.3) is 0 Å². The quantitative estimate of drug-likeness (QED) is 0.737. The average molecular weight is 215 g/mol. The van der Waals surface area contributed by atoms with Crippen molar-refractivity contribution in [3.8, 4) is 0 Å². The molecule has 0 aliphatic rings. The van der Waals surface area contributed by atoms with E-state index in [1.165, 1.54) is 12.1 Å². The minimum atomic E-state index is -0.578. The second-order valence-electron chi connectivity index (χ2n) is 3.16. The second-order valence-corrected chi connectivity index (χ2v) is 3.16. The first-order valence-corrected chi connectivity index (χ1v) is 5.00. The highest BCUT2D eigenvalue weighted by Crippen LogP contribution is 2.14. The van der Waals surface area contributed by atoms with Gasteiger partial charge < -0.3 is 10.1 Å². The van der Waals surface area contributed by atoms with Gasteiger partial charge in [-0.1, -0.05) is 6.92 Å². The van der Waals surface area contributed by atoms with Gasteiger partial charge in [0.1, 0.15) is 11.6 Å². The maximum absolute atomic E-state index is 13.1. The van der Waals surface area contributed by atoms with E-state index in [0.717, 1.165) is 12.5 Å². The number of ether oxygens (including phenoxy) is 1. The summed E-state index contributed by atoms with van der Waals surface area (Å²) in [5, 5.41) is 2.83. The van der Waals surface area contributed by atoms with E-state index in [1.54, 1.807) is 0 Å². The zero-order valence-corrected chi connectivity index (χ0v) is 8.72. The summed E-state index contributed by atoms with van der Waals surface area (Å²) in [7, 11) is 0. The number of hydrogen-bond acceptors (Lipinski definition) is 2. The Morgan fingerprint density at radius 3 is 2.73 bits per heavy atom. The normalized spacial score (nSPS) is 10.3. The molecule has 4 heteroatoms. The van der Waals surface area contributed by atoms with Gasteiger partial charge in [-0.3, -0.25) is 0 Å². The molecule has 84 valence electrons. The van der Waals surface area contributed by atoms with E-state index in [1.807, 2.05) is 6.92 Å². The maximum atomic E-state index is 13.1. The summed E-state index contributed by atoms with van der Waals surface area (Å²) in [6, 6.07) is 3.46. The van der Waals surface area contributed by atoms with Crippen molar-refractivity contribution in [2.75, 3.05) is 25.1 Å². The van der Waals surface area contributed by atoms with Crippen molar-refractivity contribution in [2.45, 2.75) is 13.3 Å². The summed E-state index contributed by atoms with van der Waals surface area (Å²) in [6.07, 6.45) is 0.963. The summed E-state index contributed by atoms with van der Waals surface area (Å²) in [5.41, 5.74) is 0.302. The second kappa shape index (κ2) is 6.35. The fourth-order valence-corrected chi connectivity index (χ4v) is 1.14. The van der Waals surface area contributed by atoms with E-state index in [2.05, 4.69) is 5.32 Å². The lowest BCUT2D eigenvalue weighted by atomic mass is 10.3. The topological polar surface area (TPSA) is 21.3 Å². The Kier molecular flexibility index (Phi) is 5.04. The number of halogens is 2. The van der Waals surface area contributed by atoms with Crippen LogP contribution in [0.15, 0.2) is 18.2 Å². The molecule has 0 aliphatic carbocycles. The first kappa shape index (κ1) is 11.9. The van der Waals surface area contributed by atoms with Crippen LogP contribution in [0, 0.1) is 11.6 Å². The number of rotatable bonds is 6. The monoisotopic (exact) mass is 215 g/mol. The van der Waals surface area contributed by atoms with Crippen molar-refractivity contribution in [3.05, 3.63) is 29.8 Å². The fraction of sp³-hybridized carbons (Fsp3) is 0.455. The van der Waals surface area contributed by atoms with Crippen molar-refractivity contribution in [3.63, 3.8) is 0 Å². The predicted octanol–water partition coefficient (Wildman–Crippen LogP) is 2.80. The van der Waals surface area contributed by atoms with Gasteiger partial charge in [-0.25, -0.2) is 8.78 Å². The van der Waals surface area contributed by atoms with Crippen molar-refractivity contribution >= 4 is 5.69 Å². The summed E-state index contributed by atoms with van der Waals surface area (Å²) < 4.78 is 30.8. The van der Waals surface area contributed by atoms with Crippen molar-refractivity contribution in [1.82, 2.24) is 0 Å². The van der Waals surface area contributed by atoms with Crippen LogP contribution in [-0.2, 0) is 4.74 Å². The molecule has 0 saturated carbocycles. The number of benzene rings is 1. The molecule has 1 N–H and O–H groups in total. The van der Waals surface area contributed by atoms with Crippen LogP contribution in [-0.4, -0.2) is 19.8 Å². The molecule has 0 amide bonds. The van der Waals surface area contributed by atoms with Gasteiger partial charge in [-0.05, 0) is 18.6 Å². The smallest absolute Gasteiger partial charge is 0.149 e. The Hall–Kier alpha value is -1.16. The molecular weight excluding hydrogens is 200 g/mol. The Bertz CT molecular complexity index is 305. The van der Waals surface area contributed by atoms with Gasteiger partial charge >= 0.3 is 0 Å². The van der Waals surface area contributed by atoms with Crippen LogP contribution < -0.4 is 5.32 Å². The van der Waals surface area contributed by atoms with Gasteiger partial charge in [0.05, 0.1) is 12.3 Å². The van der Waals surface area contributed by atoms with Crippen molar-refractivity contribution in [2.24, 2.45) is 0 Å². The summed E-state index contributed by atoms with van der Waals surface area (Å²) in [4.78, 5) is 0. The first-order valence-electron chi connectivity index (χ1n) is 5.00. The molecule has 0 heterocycles. The lowest BCUT2D eigenvalue weighted by Gasteiger charge is -2.07. The minimum Gasteiger partial charge on any atom is -0.380 e.